The summed E-state index contributed by atoms with van der Waals surface area (Å²) in [4.78, 5) is 26.3. The van der Waals surface area contributed by atoms with Crippen molar-refractivity contribution in [1.29, 1.82) is 0 Å². The fourth-order valence-corrected chi connectivity index (χ4v) is 3.86. The van der Waals surface area contributed by atoms with Crippen molar-refractivity contribution in [2.45, 2.75) is 31.3 Å². The Hall–Kier alpha value is -1.40. The molecule has 2 fully saturated rings. The smallest absolute Gasteiger partial charge is 0.264 e. The van der Waals surface area contributed by atoms with E-state index in [9.17, 15) is 9.59 Å². The van der Waals surface area contributed by atoms with Gasteiger partial charge < -0.3 is 16.0 Å². The maximum Gasteiger partial charge on any atom is 0.264 e. The quantitative estimate of drug-likeness (QED) is 0.841. The number of nitrogens with two attached hydrogens (primary N) is 1. The molecule has 19 heavy (non-hydrogen) atoms. The van der Waals surface area contributed by atoms with E-state index in [1.807, 2.05) is 4.90 Å². The van der Waals surface area contributed by atoms with Gasteiger partial charge in [-0.2, -0.15) is 0 Å². The van der Waals surface area contributed by atoms with E-state index < -0.39 is 5.91 Å². The first-order valence-corrected chi connectivity index (χ1v) is 7.46. The van der Waals surface area contributed by atoms with Crippen molar-refractivity contribution < 1.29 is 9.59 Å². The number of hydrogen-bond donors (Lipinski definition) is 2. The SMILES string of the molecule is NC(=O)c1csc(C(=O)N2C3CCNCC2CC3)c1. The molecule has 2 aliphatic heterocycles. The molecule has 2 saturated heterocycles. The highest BCUT2D eigenvalue weighted by atomic mass is 32.1. The average Bonchev–Trinajstić information content (AvgIpc) is 2.92. The Morgan fingerprint density at radius 3 is 2.84 bits per heavy atom. The maximum absolute atomic E-state index is 12.6. The van der Waals surface area contributed by atoms with Crippen LogP contribution in [0.2, 0.25) is 0 Å². The molecule has 0 aromatic carbocycles. The van der Waals surface area contributed by atoms with Gasteiger partial charge in [0.1, 0.15) is 0 Å². The normalized spacial score (nSPS) is 26.2. The van der Waals surface area contributed by atoms with Crippen molar-refractivity contribution in [3.63, 3.8) is 0 Å². The minimum Gasteiger partial charge on any atom is -0.366 e. The van der Waals surface area contributed by atoms with Gasteiger partial charge in [-0.3, -0.25) is 9.59 Å². The second-order valence-electron chi connectivity index (χ2n) is 5.15. The Morgan fingerprint density at radius 1 is 1.32 bits per heavy atom. The lowest BCUT2D eigenvalue weighted by molar-refractivity contribution is 0.0685. The maximum atomic E-state index is 12.6. The third-order valence-corrected chi connectivity index (χ3v) is 4.90. The summed E-state index contributed by atoms with van der Waals surface area (Å²) in [7, 11) is 0. The zero-order chi connectivity index (χ0) is 13.4. The molecular formula is C13H17N3O2S. The first-order valence-electron chi connectivity index (χ1n) is 6.58. The molecule has 2 aliphatic rings. The van der Waals surface area contributed by atoms with Gasteiger partial charge in [0.2, 0.25) is 5.91 Å². The number of carbonyl (C=O) groups is 2. The van der Waals surface area contributed by atoms with E-state index in [0.29, 0.717) is 22.5 Å². The summed E-state index contributed by atoms with van der Waals surface area (Å²) >= 11 is 1.31. The lowest BCUT2D eigenvalue weighted by Gasteiger charge is -2.27. The summed E-state index contributed by atoms with van der Waals surface area (Å²) in [5.74, 6) is -0.426. The number of carbonyl (C=O) groups excluding carboxylic acids is 2. The van der Waals surface area contributed by atoms with Crippen LogP contribution in [-0.4, -0.2) is 41.9 Å². The molecule has 2 bridgehead atoms. The summed E-state index contributed by atoms with van der Waals surface area (Å²) < 4.78 is 0. The molecule has 2 unspecified atom stereocenters. The third-order valence-electron chi connectivity index (χ3n) is 3.98. The van der Waals surface area contributed by atoms with Crippen LogP contribution in [0.15, 0.2) is 11.4 Å². The Labute approximate surface area is 115 Å². The second-order valence-corrected chi connectivity index (χ2v) is 6.07. The van der Waals surface area contributed by atoms with E-state index in [1.54, 1.807) is 11.4 Å². The largest absolute Gasteiger partial charge is 0.366 e. The van der Waals surface area contributed by atoms with Gasteiger partial charge in [0.05, 0.1) is 10.4 Å². The molecule has 0 radical (unpaired) electrons. The first kappa shape index (κ1) is 12.6. The lowest BCUT2D eigenvalue weighted by atomic mass is 10.1. The van der Waals surface area contributed by atoms with Crippen LogP contribution < -0.4 is 11.1 Å². The fraction of sp³-hybridized carbons (Fsp3) is 0.538. The fourth-order valence-electron chi connectivity index (χ4n) is 3.02. The molecular weight excluding hydrogens is 262 g/mol. The summed E-state index contributed by atoms with van der Waals surface area (Å²) in [6.07, 6.45) is 3.17. The molecule has 102 valence electrons. The van der Waals surface area contributed by atoms with Crippen LogP contribution >= 0.6 is 11.3 Å². The Bertz CT molecular complexity index is 500. The predicted molar refractivity (Wildman–Crippen MR) is 73.3 cm³/mol. The number of amides is 2. The summed E-state index contributed by atoms with van der Waals surface area (Å²) in [6.45, 7) is 1.85. The van der Waals surface area contributed by atoms with Crippen LogP contribution in [0, 0.1) is 0 Å². The number of thiophene rings is 1. The average molecular weight is 279 g/mol. The number of fused-ring (bicyclic) bond motifs is 2. The molecule has 0 saturated carbocycles. The van der Waals surface area contributed by atoms with Crippen LogP contribution in [0.5, 0.6) is 0 Å². The van der Waals surface area contributed by atoms with Crippen LogP contribution in [0.3, 0.4) is 0 Å². The van der Waals surface area contributed by atoms with Crippen molar-refractivity contribution in [2.75, 3.05) is 13.1 Å². The predicted octanol–water partition coefficient (Wildman–Crippen LogP) is 0.813. The Kier molecular flexibility index (Phi) is 3.28. The summed E-state index contributed by atoms with van der Waals surface area (Å²) in [6, 6.07) is 2.25. The van der Waals surface area contributed by atoms with Crippen molar-refractivity contribution in [1.82, 2.24) is 10.2 Å². The monoisotopic (exact) mass is 279 g/mol. The van der Waals surface area contributed by atoms with E-state index >= 15 is 0 Å². The topological polar surface area (TPSA) is 75.4 Å². The van der Waals surface area contributed by atoms with Gasteiger partial charge in [-0.15, -0.1) is 11.3 Å². The van der Waals surface area contributed by atoms with Crippen molar-refractivity contribution in [3.8, 4) is 0 Å². The number of rotatable bonds is 2. The highest BCUT2D eigenvalue weighted by Crippen LogP contribution is 2.30. The molecule has 0 spiro atoms. The van der Waals surface area contributed by atoms with Crippen LogP contribution in [0.1, 0.15) is 39.3 Å². The van der Waals surface area contributed by atoms with Gasteiger partial charge >= 0.3 is 0 Å². The van der Waals surface area contributed by atoms with Gasteiger partial charge in [0.25, 0.3) is 5.91 Å². The van der Waals surface area contributed by atoms with Gasteiger partial charge in [0, 0.05) is 24.0 Å². The Morgan fingerprint density at radius 2 is 2.11 bits per heavy atom. The Balaban J connectivity index is 1.84. The number of hydrogen-bond acceptors (Lipinski definition) is 4. The number of nitrogens with zero attached hydrogens (tertiary/aromatic N) is 1. The highest BCUT2D eigenvalue weighted by molar-refractivity contribution is 7.12. The number of primary amides is 1. The molecule has 5 nitrogen and oxygen atoms in total. The highest BCUT2D eigenvalue weighted by Gasteiger charge is 2.38. The van der Waals surface area contributed by atoms with Crippen molar-refractivity contribution in [3.05, 3.63) is 21.9 Å². The zero-order valence-corrected chi connectivity index (χ0v) is 11.4. The second kappa shape index (κ2) is 4.94. The molecule has 3 N–H and O–H groups in total. The van der Waals surface area contributed by atoms with Crippen LogP contribution in [0.25, 0.3) is 0 Å². The van der Waals surface area contributed by atoms with Crippen molar-refractivity contribution in [2.24, 2.45) is 5.73 Å². The molecule has 0 aliphatic carbocycles. The lowest BCUT2D eigenvalue weighted by Crippen LogP contribution is -2.42. The summed E-state index contributed by atoms with van der Waals surface area (Å²) in [5.41, 5.74) is 5.66. The molecule has 2 atom stereocenters. The first-order chi connectivity index (χ1) is 9.16. The molecule has 6 heteroatoms. The van der Waals surface area contributed by atoms with Crippen molar-refractivity contribution >= 4 is 23.2 Å². The molecule has 3 rings (SSSR count). The summed E-state index contributed by atoms with van der Waals surface area (Å²) in [5, 5.41) is 5.03. The van der Waals surface area contributed by atoms with E-state index in [1.165, 1.54) is 11.3 Å². The minimum absolute atomic E-state index is 0.0497. The van der Waals surface area contributed by atoms with Crippen LogP contribution in [-0.2, 0) is 0 Å². The van der Waals surface area contributed by atoms with Gasteiger partial charge in [-0.05, 0) is 31.9 Å². The molecule has 3 heterocycles. The van der Waals surface area contributed by atoms with Gasteiger partial charge in [0.15, 0.2) is 0 Å². The standard InChI is InChI=1S/C13H17N3O2S/c14-12(17)8-5-11(19-7-8)13(18)16-9-1-2-10(16)6-15-4-3-9/h5,7,9-10,15H,1-4,6H2,(H2,14,17). The van der Waals surface area contributed by atoms with Gasteiger partial charge in [-0.1, -0.05) is 0 Å². The third kappa shape index (κ3) is 2.26. The molecule has 2 amide bonds. The van der Waals surface area contributed by atoms with Crippen LogP contribution in [0.4, 0.5) is 0 Å². The van der Waals surface area contributed by atoms with Gasteiger partial charge in [-0.25, -0.2) is 0 Å². The van der Waals surface area contributed by atoms with E-state index in [-0.39, 0.29) is 5.91 Å². The number of nitrogens with one attached hydrogen (secondary N) is 1. The van der Waals surface area contributed by atoms with E-state index in [0.717, 1.165) is 32.4 Å². The molecule has 1 aromatic heterocycles. The zero-order valence-electron chi connectivity index (χ0n) is 10.6. The molecule has 1 aromatic rings. The van der Waals surface area contributed by atoms with E-state index in [4.69, 9.17) is 5.73 Å². The minimum atomic E-state index is -0.476. The van der Waals surface area contributed by atoms with E-state index in [2.05, 4.69) is 5.32 Å².